The highest BCUT2D eigenvalue weighted by Crippen LogP contribution is 2.38. The molecule has 1 aliphatic carbocycles. The zero-order valence-electron chi connectivity index (χ0n) is 13.9. The number of hydrogen-bond donors (Lipinski definition) is 0. The van der Waals surface area contributed by atoms with Crippen molar-refractivity contribution in [3.05, 3.63) is 35.4 Å². The Morgan fingerprint density at radius 1 is 1.28 bits per heavy atom. The molecule has 4 rings (SSSR count). The minimum Gasteiger partial charge on any atom is -0.494 e. The molecule has 1 atom stereocenters. The number of hydrogen-bond acceptors (Lipinski definition) is 4. The van der Waals surface area contributed by atoms with Gasteiger partial charge in [-0.2, -0.15) is 0 Å². The number of aliphatic imine (C=N–C) groups is 1. The number of allylic oxidation sites excluding steroid dienone is 2. The van der Waals surface area contributed by atoms with E-state index in [2.05, 4.69) is 4.99 Å². The van der Waals surface area contributed by atoms with Crippen molar-refractivity contribution in [1.82, 2.24) is 4.90 Å². The summed E-state index contributed by atoms with van der Waals surface area (Å²) in [5.74, 6) is -0.782. The monoisotopic (exact) mass is 343 g/mol. The van der Waals surface area contributed by atoms with Crippen LogP contribution in [0.1, 0.15) is 32.6 Å². The molecule has 2 aliphatic heterocycles. The zero-order valence-corrected chi connectivity index (χ0v) is 13.9. The molecule has 1 unspecified atom stereocenters. The Hall–Kier alpha value is -2.70. The van der Waals surface area contributed by atoms with Crippen molar-refractivity contribution in [2.24, 2.45) is 4.99 Å². The summed E-state index contributed by atoms with van der Waals surface area (Å²) in [6, 6.07) is 2.85. The third-order valence-electron chi connectivity index (χ3n) is 4.69. The zero-order chi connectivity index (χ0) is 17.6. The number of carbonyl (C=O) groups excluding carboxylic acids is 2. The molecular weight excluding hydrogens is 325 g/mol. The summed E-state index contributed by atoms with van der Waals surface area (Å²) in [5, 5.41) is 0. The van der Waals surface area contributed by atoms with E-state index in [-0.39, 0.29) is 5.69 Å². The first-order valence-corrected chi connectivity index (χ1v) is 8.47. The van der Waals surface area contributed by atoms with Gasteiger partial charge in [-0.05, 0) is 44.7 Å². The van der Waals surface area contributed by atoms with E-state index >= 15 is 0 Å². The number of halogens is 1. The van der Waals surface area contributed by atoms with Crippen molar-refractivity contribution < 1.29 is 18.7 Å². The van der Waals surface area contributed by atoms with Gasteiger partial charge < -0.3 is 4.74 Å². The number of rotatable bonds is 3. The van der Waals surface area contributed by atoms with Gasteiger partial charge in [0.1, 0.15) is 5.75 Å². The lowest BCUT2D eigenvalue weighted by Crippen LogP contribution is -2.39. The van der Waals surface area contributed by atoms with Crippen LogP contribution >= 0.6 is 0 Å². The SMILES string of the molecule is CCOc1ccc(N2C(=O)C3C=NC4=C(CCCC4)N3C2=O)c(F)c1. The molecule has 130 valence electrons. The third-order valence-corrected chi connectivity index (χ3v) is 4.69. The second kappa shape index (κ2) is 5.98. The molecule has 0 spiro atoms. The first-order valence-electron chi connectivity index (χ1n) is 8.47. The lowest BCUT2D eigenvalue weighted by molar-refractivity contribution is -0.117. The minimum absolute atomic E-state index is 0.0563. The smallest absolute Gasteiger partial charge is 0.336 e. The van der Waals surface area contributed by atoms with Crippen molar-refractivity contribution in [3.8, 4) is 5.75 Å². The van der Waals surface area contributed by atoms with E-state index in [0.29, 0.717) is 18.8 Å². The standard InChI is InChI=1S/C18H18FN3O3/c1-2-25-11-7-8-14(12(19)9-11)22-17(23)16-10-20-13-5-3-4-6-15(13)21(16)18(22)24/h7-10,16H,2-6H2,1H3. The van der Waals surface area contributed by atoms with E-state index in [0.717, 1.165) is 35.6 Å². The number of anilines is 1. The highest BCUT2D eigenvalue weighted by molar-refractivity contribution is 6.27. The number of ether oxygens (including phenoxy) is 1. The molecule has 0 bridgehead atoms. The van der Waals surface area contributed by atoms with Gasteiger partial charge in [0, 0.05) is 18.0 Å². The Balaban J connectivity index is 1.71. The van der Waals surface area contributed by atoms with Crippen molar-refractivity contribution in [1.29, 1.82) is 0 Å². The molecule has 3 amide bonds. The Kier molecular flexibility index (Phi) is 3.78. The van der Waals surface area contributed by atoms with Gasteiger partial charge in [-0.25, -0.2) is 14.1 Å². The fourth-order valence-corrected chi connectivity index (χ4v) is 3.56. The highest BCUT2D eigenvalue weighted by atomic mass is 19.1. The molecule has 1 saturated heterocycles. The largest absolute Gasteiger partial charge is 0.494 e. The molecule has 0 aromatic heterocycles. The maximum absolute atomic E-state index is 14.5. The third kappa shape index (κ3) is 2.42. The summed E-state index contributed by atoms with van der Waals surface area (Å²) in [5.41, 5.74) is 1.60. The number of nitrogens with zero attached hydrogens (tertiary/aromatic N) is 3. The van der Waals surface area contributed by atoms with Gasteiger partial charge in [0.25, 0.3) is 5.91 Å². The van der Waals surface area contributed by atoms with E-state index in [4.69, 9.17) is 4.74 Å². The second-order valence-electron chi connectivity index (χ2n) is 6.20. The average Bonchev–Trinajstić information content (AvgIpc) is 2.87. The number of benzene rings is 1. The Labute approximate surface area is 144 Å². The van der Waals surface area contributed by atoms with E-state index in [9.17, 15) is 14.0 Å². The quantitative estimate of drug-likeness (QED) is 0.792. The van der Waals surface area contributed by atoms with Crippen molar-refractivity contribution in [3.63, 3.8) is 0 Å². The second-order valence-corrected chi connectivity index (χ2v) is 6.20. The molecule has 25 heavy (non-hydrogen) atoms. The van der Waals surface area contributed by atoms with Crippen molar-refractivity contribution in [2.75, 3.05) is 11.5 Å². The summed E-state index contributed by atoms with van der Waals surface area (Å²) in [6.45, 7) is 2.20. The highest BCUT2D eigenvalue weighted by Gasteiger charge is 2.49. The van der Waals surface area contributed by atoms with E-state index in [1.54, 1.807) is 13.0 Å². The van der Waals surface area contributed by atoms with Crippen molar-refractivity contribution in [2.45, 2.75) is 38.6 Å². The maximum Gasteiger partial charge on any atom is 0.336 e. The molecule has 7 heteroatoms. The molecule has 0 radical (unpaired) electrons. The van der Waals surface area contributed by atoms with Gasteiger partial charge in [-0.15, -0.1) is 0 Å². The fourth-order valence-electron chi connectivity index (χ4n) is 3.56. The average molecular weight is 343 g/mol. The van der Waals surface area contributed by atoms with Gasteiger partial charge in [0.15, 0.2) is 11.9 Å². The van der Waals surface area contributed by atoms with Crippen LogP contribution in [0.25, 0.3) is 0 Å². The predicted octanol–water partition coefficient (Wildman–Crippen LogP) is 3.23. The van der Waals surface area contributed by atoms with Gasteiger partial charge in [-0.3, -0.25) is 14.7 Å². The van der Waals surface area contributed by atoms with Gasteiger partial charge in [0.05, 0.1) is 18.0 Å². The molecule has 6 nitrogen and oxygen atoms in total. The lowest BCUT2D eigenvalue weighted by atomic mass is 9.98. The molecule has 0 saturated carbocycles. The minimum atomic E-state index is -0.782. The normalized spacial score (nSPS) is 22.4. The van der Waals surface area contributed by atoms with Crippen LogP contribution in [0.15, 0.2) is 34.6 Å². The molecule has 1 aromatic carbocycles. The van der Waals surface area contributed by atoms with E-state index in [1.807, 2.05) is 0 Å². The topological polar surface area (TPSA) is 62.2 Å². The Morgan fingerprint density at radius 3 is 2.84 bits per heavy atom. The van der Waals surface area contributed by atoms with Gasteiger partial charge >= 0.3 is 6.03 Å². The summed E-state index contributed by atoms with van der Waals surface area (Å²) < 4.78 is 19.7. The molecular formula is C18H18FN3O3. The van der Waals surface area contributed by atoms with Crippen LogP contribution in [0, 0.1) is 5.82 Å². The number of fused-ring (bicyclic) bond motifs is 2. The van der Waals surface area contributed by atoms with Crippen LogP contribution < -0.4 is 9.64 Å². The van der Waals surface area contributed by atoms with Crippen LogP contribution in [0.4, 0.5) is 14.9 Å². The fraction of sp³-hybridized carbons (Fsp3) is 0.389. The van der Waals surface area contributed by atoms with Crippen LogP contribution in [0.3, 0.4) is 0 Å². The van der Waals surface area contributed by atoms with Crippen LogP contribution in [-0.4, -0.2) is 35.7 Å². The molecule has 0 N–H and O–H groups in total. The first kappa shape index (κ1) is 15.8. The summed E-state index contributed by atoms with van der Waals surface area (Å²) >= 11 is 0. The van der Waals surface area contributed by atoms with Crippen LogP contribution in [0.2, 0.25) is 0 Å². The molecule has 3 aliphatic rings. The number of carbonyl (C=O) groups is 2. The molecule has 1 aromatic rings. The lowest BCUT2D eigenvalue weighted by Gasteiger charge is -2.30. The first-order chi connectivity index (χ1) is 12.1. The number of urea groups is 1. The number of imide groups is 1. The van der Waals surface area contributed by atoms with Crippen molar-refractivity contribution >= 4 is 23.8 Å². The Bertz CT molecular complexity index is 818. The molecule has 1 fully saturated rings. The summed E-state index contributed by atoms with van der Waals surface area (Å²) in [7, 11) is 0. The van der Waals surface area contributed by atoms with Gasteiger partial charge in [-0.1, -0.05) is 0 Å². The van der Waals surface area contributed by atoms with E-state index in [1.165, 1.54) is 23.2 Å². The predicted molar refractivity (Wildman–Crippen MR) is 90.1 cm³/mol. The van der Waals surface area contributed by atoms with Gasteiger partial charge in [0.2, 0.25) is 0 Å². The Morgan fingerprint density at radius 2 is 2.08 bits per heavy atom. The van der Waals surface area contributed by atoms with Crippen LogP contribution in [-0.2, 0) is 4.79 Å². The molecule has 2 heterocycles. The van der Waals surface area contributed by atoms with E-state index < -0.39 is 23.8 Å². The van der Waals surface area contributed by atoms with Crippen LogP contribution in [0.5, 0.6) is 5.75 Å². The number of amides is 3. The maximum atomic E-state index is 14.5. The summed E-state index contributed by atoms with van der Waals surface area (Å²) in [4.78, 5) is 32.4. The summed E-state index contributed by atoms with van der Waals surface area (Å²) in [6.07, 6.45) is 4.98.